The molecule has 5 nitrogen and oxygen atoms in total. The summed E-state index contributed by atoms with van der Waals surface area (Å²) < 4.78 is 7.45. The molecular formula is C23H24N4O. The van der Waals surface area contributed by atoms with E-state index in [1.54, 1.807) is 7.11 Å². The number of ether oxygens (including phenoxy) is 1. The molecule has 0 aliphatic carbocycles. The molecule has 0 saturated heterocycles. The number of nitrogens with one attached hydrogen (secondary N) is 1. The highest BCUT2D eigenvalue weighted by atomic mass is 16.5. The van der Waals surface area contributed by atoms with Crippen LogP contribution >= 0.6 is 0 Å². The molecule has 0 aliphatic heterocycles. The Labute approximate surface area is 165 Å². The van der Waals surface area contributed by atoms with Gasteiger partial charge in [0, 0.05) is 35.8 Å². The quantitative estimate of drug-likeness (QED) is 0.528. The largest absolute Gasteiger partial charge is 0.497 e. The monoisotopic (exact) mass is 372 g/mol. The maximum Gasteiger partial charge on any atom is 0.130 e. The first-order chi connectivity index (χ1) is 13.5. The molecule has 1 N–H and O–H groups in total. The predicted molar refractivity (Wildman–Crippen MR) is 114 cm³/mol. The summed E-state index contributed by atoms with van der Waals surface area (Å²) in [4.78, 5) is 9.22. The van der Waals surface area contributed by atoms with Gasteiger partial charge in [-0.15, -0.1) is 0 Å². The molecule has 2 heterocycles. The van der Waals surface area contributed by atoms with Gasteiger partial charge in [0.2, 0.25) is 0 Å². The summed E-state index contributed by atoms with van der Waals surface area (Å²) in [5.74, 6) is 2.40. The first-order valence-corrected chi connectivity index (χ1v) is 9.35. The summed E-state index contributed by atoms with van der Waals surface area (Å²) in [5, 5.41) is 4.70. The summed E-state index contributed by atoms with van der Waals surface area (Å²) in [7, 11) is 3.74. The van der Waals surface area contributed by atoms with Crippen molar-refractivity contribution in [3.05, 3.63) is 72.2 Å². The minimum atomic E-state index is 0.0915. The molecule has 0 aliphatic rings. The van der Waals surface area contributed by atoms with Crippen LogP contribution in [0.25, 0.3) is 22.2 Å². The van der Waals surface area contributed by atoms with E-state index in [2.05, 4.69) is 70.4 Å². The lowest BCUT2D eigenvalue weighted by molar-refractivity contribution is 0.414. The van der Waals surface area contributed by atoms with Gasteiger partial charge in [-0.05, 0) is 49.7 Å². The minimum absolute atomic E-state index is 0.0915. The number of hydrogen-bond acceptors (Lipinski definition) is 4. The van der Waals surface area contributed by atoms with Crippen LogP contribution in [0.3, 0.4) is 0 Å². The van der Waals surface area contributed by atoms with Gasteiger partial charge < -0.3 is 14.6 Å². The lowest BCUT2D eigenvalue weighted by atomic mass is 10.1. The second-order valence-corrected chi connectivity index (χ2v) is 7.03. The van der Waals surface area contributed by atoms with Crippen LogP contribution in [-0.4, -0.2) is 21.6 Å². The highest BCUT2D eigenvalue weighted by molar-refractivity contribution is 5.85. The molecule has 0 saturated carbocycles. The van der Waals surface area contributed by atoms with E-state index in [4.69, 9.17) is 4.74 Å². The van der Waals surface area contributed by atoms with Crippen LogP contribution < -0.4 is 10.1 Å². The second-order valence-electron chi connectivity index (χ2n) is 7.03. The normalized spacial score (nSPS) is 12.1. The molecule has 28 heavy (non-hydrogen) atoms. The zero-order chi connectivity index (χ0) is 19.7. The molecule has 0 spiro atoms. The van der Waals surface area contributed by atoms with Crippen LogP contribution in [0.1, 0.15) is 24.4 Å². The first-order valence-electron chi connectivity index (χ1n) is 9.35. The third-order valence-electron chi connectivity index (χ3n) is 4.98. The Morgan fingerprint density at radius 2 is 1.89 bits per heavy atom. The van der Waals surface area contributed by atoms with E-state index < -0.39 is 0 Å². The average molecular weight is 372 g/mol. The van der Waals surface area contributed by atoms with Gasteiger partial charge in [0.1, 0.15) is 17.4 Å². The summed E-state index contributed by atoms with van der Waals surface area (Å²) in [6, 6.07) is 18.7. The van der Waals surface area contributed by atoms with E-state index in [1.165, 1.54) is 10.9 Å². The van der Waals surface area contributed by atoms with Gasteiger partial charge in [-0.3, -0.25) is 0 Å². The molecule has 0 radical (unpaired) electrons. The number of benzene rings is 2. The van der Waals surface area contributed by atoms with Gasteiger partial charge in [-0.1, -0.05) is 18.2 Å². The third kappa shape index (κ3) is 3.56. The van der Waals surface area contributed by atoms with Crippen LogP contribution in [0.2, 0.25) is 0 Å². The Kier molecular flexibility index (Phi) is 4.74. The van der Waals surface area contributed by atoms with Crippen molar-refractivity contribution >= 4 is 16.7 Å². The van der Waals surface area contributed by atoms with E-state index in [9.17, 15) is 0 Å². The Morgan fingerprint density at radius 1 is 1.04 bits per heavy atom. The van der Waals surface area contributed by atoms with E-state index >= 15 is 0 Å². The standard InChI is InChI=1S/C23H24N4O/c1-15(17-6-5-7-20(13-17)28-4)24-23-14-21(25-16(2)26-23)18-8-9-22-19(12-18)10-11-27(22)3/h5-15H,1-4H3,(H,24,25,26). The maximum absolute atomic E-state index is 5.33. The average Bonchev–Trinajstić information content (AvgIpc) is 3.08. The fraction of sp³-hybridized carbons (Fsp3) is 0.217. The van der Waals surface area contributed by atoms with Crippen molar-refractivity contribution in [1.29, 1.82) is 0 Å². The van der Waals surface area contributed by atoms with Gasteiger partial charge in [0.05, 0.1) is 18.8 Å². The number of fused-ring (bicyclic) bond motifs is 1. The number of methoxy groups -OCH3 is 1. The Bertz CT molecular complexity index is 1130. The highest BCUT2D eigenvalue weighted by Gasteiger charge is 2.11. The maximum atomic E-state index is 5.33. The van der Waals surface area contributed by atoms with E-state index in [1.807, 2.05) is 31.2 Å². The summed E-state index contributed by atoms with van der Waals surface area (Å²) in [5.41, 5.74) is 4.35. The van der Waals surface area contributed by atoms with Crippen molar-refractivity contribution in [2.45, 2.75) is 19.9 Å². The molecule has 0 fully saturated rings. The van der Waals surface area contributed by atoms with Gasteiger partial charge in [-0.2, -0.15) is 0 Å². The van der Waals surface area contributed by atoms with Crippen LogP contribution in [0.15, 0.2) is 60.8 Å². The van der Waals surface area contributed by atoms with E-state index in [0.717, 1.165) is 34.2 Å². The Hall–Kier alpha value is -3.34. The third-order valence-corrected chi connectivity index (χ3v) is 4.98. The number of rotatable bonds is 5. The van der Waals surface area contributed by atoms with E-state index in [-0.39, 0.29) is 6.04 Å². The zero-order valence-corrected chi connectivity index (χ0v) is 16.6. The fourth-order valence-corrected chi connectivity index (χ4v) is 3.45. The number of aromatic nitrogens is 3. The van der Waals surface area contributed by atoms with Crippen molar-refractivity contribution in [2.24, 2.45) is 7.05 Å². The van der Waals surface area contributed by atoms with Crippen LogP contribution in [-0.2, 0) is 7.05 Å². The highest BCUT2D eigenvalue weighted by Crippen LogP contribution is 2.27. The summed E-state index contributed by atoms with van der Waals surface area (Å²) in [6.07, 6.45) is 2.07. The molecule has 2 aromatic heterocycles. The van der Waals surface area contributed by atoms with Crippen molar-refractivity contribution in [3.8, 4) is 17.0 Å². The van der Waals surface area contributed by atoms with Gasteiger partial charge in [0.15, 0.2) is 0 Å². The van der Waals surface area contributed by atoms with Gasteiger partial charge in [-0.25, -0.2) is 9.97 Å². The topological polar surface area (TPSA) is 52.0 Å². The number of aryl methyl sites for hydroxylation is 2. The number of nitrogens with zero attached hydrogens (tertiary/aromatic N) is 3. The van der Waals surface area contributed by atoms with Crippen molar-refractivity contribution in [1.82, 2.24) is 14.5 Å². The molecule has 2 aromatic carbocycles. The van der Waals surface area contributed by atoms with Crippen molar-refractivity contribution in [3.63, 3.8) is 0 Å². The predicted octanol–water partition coefficient (Wildman–Crippen LogP) is 5.13. The van der Waals surface area contributed by atoms with E-state index in [0.29, 0.717) is 0 Å². The lowest BCUT2D eigenvalue weighted by Gasteiger charge is -2.17. The van der Waals surface area contributed by atoms with Crippen molar-refractivity contribution in [2.75, 3.05) is 12.4 Å². The molecule has 4 rings (SSSR count). The van der Waals surface area contributed by atoms with Crippen LogP contribution in [0.5, 0.6) is 5.75 Å². The molecule has 1 unspecified atom stereocenters. The number of anilines is 1. The molecule has 1 atom stereocenters. The van der Waals surface area contributed by atoms with Gasteiger partial charge >= 0.3 is 0 Å². The summed E-state index contributed by atoms with van der Waals surface area (Å²) >= 11 is 0. The molecular weight excluding hydrogens is 348 g/mol. The Balaban J connectivity index is 1.64. The van der Waals surface area contributed by atoms with Crippen LogP contribution in [0, 0.1) is 6.92 Å². The zero-order valence-electron chi connectivity index (χ0n) is 16.6. The van der Waals surface area contributed by atoms with Gasteiger partial charge in [0.25, 0.3) is 0 Å². The fourth-order valence-electron chi connectivity index (χ4n) is 3.45. The summed E-state index contributed by atoms with van der Waals surface area (Å²) in [6.45, 7) is 4.04. The SMILES string of the molecule is COc1cccc(C(C)Nc2cc(-c3ccc4c(ccn4C)c3)nc(C)n2)c1. The minimum Gasteiger partial charge on any atom is -0.497 e. The first kappa shape index (κ1) is 18.0. The molecule has 0 amide bonds. The smallest absolute Gasteiger partial charge is 0.130 e. The Morgan fingerprint density at radius 3 is 2.71 bits per heavy atom. The second kappa shape index (κ2) is 7.35. The number of hydrogen-bond donors (Lipinski definition) is 1. The van der Waals surface area contributed by atoms with Crippen molar-refractivity contribution < 1.29 is 4.74 Å². The molecule has 5 heteroatoms. The molecule has 142 valence electrons. The lowest BCUT2D eigenvalue weighted by Crippen LogP contribution is -2.09. The molecule has 0 bridgehead atoms. The molecule has 4 aromatic rings. The van der Waals surface area contributed by atoms with Crippen LogP contribution in [0.4, 0.5) is 5.82 Å².